The van der Waals surface area contributed by atoms with Crippen LogP contribution in [0, 0.1) is 11.8 Å². The number of carbonyl (C=O) groups excluding carboxylic acids is 4. The second-order valence-corrected chi connectivity index (χ2v) is 15.3. The van der Waals surface area contributed by atoms with Gasteiger partial charge in [-0.15, -0.1) is 11.3 Å². The number of likely N-dealkylation sites (N-methyl/N-ethyl adjacent to an activating group) is 1. The third kappa shape index (κ3) is 12.0. The van der Waals surface area contributed by atoms with Crippen molar-refractivity contribution >= 4 is 40.7 Å². The number of hydrogen-bond acceptors (Lipinski definition) is 10. The molecule has 3 amide bonds. The van der Waals surface area contributed by atoms with Gasteiger partial charge in [0, 0.05) is 43.1 Å². The van der Waals surface area contributed by atoms with Crippen molar-refractivity contribution in [3.05, 3.63) is 45.9 Å². The number of esters is 1. The van der Waals surface area contributed by atoms with Crippen LogP contribution < -0.4 is 16.4 Å². The van der Waals surface area contributed by atoms with E-state index in [1.165, 1.54) is 18.4 Å². The molecule has 12 nitrogen and oxygen atoms in total. The maximum Gasteiger partial charge on any atom is 0.328 e. The van der Waals surface area contributed by atoms with Crippen LogP contribution in [-0.2, 0) is 30.3 Å². The normalized spacial score (nSPS) is 17.8. The Balaban J connectivity index is 1.86. The molecule has 0 unspecified atom stereocenters. The number of thiazole rings is 1. The predicted molar refractivity (Wildman–Crippen MR) is 206 cm³/mol. The van der Waals surface area contributed by atoms with E-state index in [1.807, 2.05) is 32.7 Å². The third-order valence-corrected chi connectivity index (χ3v) is 10.9. The van der Waals surface area contributed by atoms with Crippen LogP contribution in [0.5, 0.6) is 0 Å². The smallest absolute Gasteiger partial charge is 0.328 e. The molecule has 6 atom stereocenters. The molecule has 0 saturated carbocycles. The highest BCUT2D eigenvalue weighted by molar-refractivity contribution is 7.09. The lowest BCUT2D eigenvalue weighted by Crippen LogP contribution is -2.58. The number of likely N-dealkylation sites (tertiary alicyclic amines) is 1. The fourth-order valence-corrected chi connectivity index (χ4v) is 7.53. The van der Waals surface area contributed by atoms with Gasteiger partial charge in [0.1, 0.15) is 28.9 Å². The minimum absolute atomic E-state index is 0.0569. The Labute approximate surface area is 314 Å². The fraction of sp³-hybridized carbons (Fsp3) is 0.667. The summed E-state index contributed by atoms with van der Waals surface area (Å²) in [5, 5.41) is 8.26. The van der Waals surface area contributed by atoms with Gasteiger partial charge in [-0.25, -0.2) is 9.78 Å². The Morgan fingerprint density at radius 2 is 1.77 bits per heavy atom. The molecule has 2 aromatic rings. The molecule has 1 aliphatic heterocycles. The number of nitrogens with zero attached hydrogens (tertiary/aromatic N) is 3. The topological polar surface area (TPSA) is 156 Å². The van der Waals surface area contributed by atoms with E-state index in [0.29, 0.717) is 30.3 Å². The molecular formula is C39H62N6O6S. The number of amides is 3. The number of nitrogens with two attached hydrogens (primary N) is 1. The van der Waals surface area contributed by atoms with Crippen molar-refractivity contribution in [2.45, 2.75) is 123 Å². The van der Waals surface area contributed by atoms with Gasteiger partial charge in [-0.1, -0.05) is 66.5 Å². The zero-order valence-electron chi connectivity index (χ0n) is 32.5. The van der Waals surface area contributed by atoms with E-state index in [1.54, 1.807) is 29.6 Å². The Bertz CT molecular complexity index is 1430. The maximum atomic E-state index is 14.6. The number of nitrogens with one attached hydrogen (secondary N) is 2. The summed E-state index contributed by atoms with van der Waals surface area (Å²) in [6, 6.07) is 5.06. The molecular weight excluding hydrogens is 681 g/mol. The van der Waals surface area contributed by atoms with Crippen molar-refractivity contribution in [2.75, 3.05) is 39.6 Å². The molecule has 0 bridgehead atoms. The standard InChI is InChI=1S/C39H62N6O6S/c1-9-19-45(38(48)34(26(6)11-3)43-36(47)31-14-12-13-20-44(31)7)32(25(4)5)23-33(51-21-10-2)37-42-30(24-52-37)35(46)41-29(39(49)50-8)22-27-15-17-28(40)18-16-27/h15-18,24-26,29,31-34H,9-14,19-23,40H2,1-8H3,(H,41,46)(H,43,47)/t26-,29-,31+,32+,33+,34-/m0/s1. The summed E-state index contributed by atoms with van der Waals surface area (Å²) in [5.74, 6) is -1.22. The molecule has 0 aliphatic carbocycles. The molecule has 290 valence electrons. The van der Waals surface area contributed by atoms with Crippen molar-refractivity contribution in [1.82, 2.24) is 25.4 Å². The van der Waals surface area contributed by atoms with Gasteiger partial charge in [-0.3, -0.25) is 19.3 Å². The summed E-state index contributed by atoms with van der Waals surface area (Å²) in [7, 11) is 3.26. The Morgan fingerprint density at radius 1 is 1.06 bits per heavy atom. The van der Waals surface area contributed by atoms with Crippen LogP contribution in [0.3, 0.4) is 0 Å². The number of anilines is 1. The molecule has 1 saturated heterocycles. The third-order valence-electron chi connectivity index (χ3n) is 9.99. The minimum atomic E-state index is -0.921. The van der Waals surface area contributed by atoms with Gasteiger partial charge in [0.2, 0.25) is 11.8 Å². The quantitative estimate of drug-likeness (QED) is 0.120. The molecule has 1 aromatic carbocycles. The summed E-state index contributed by atoms with van der Waals surface area (Å²) in [5.41, 5.74) is 7.41. The first kappa shape index (κ1) is 42.9. The van der Waals surface area contributed by atoms with Crippen molar-refractivity contribution in [1.29, 1.82) is 0 Å². The molecule has 2 heterocycles. The highest BCUT2D eigenvalue weighted by Gasteiger charge is 2.38. The lowest BCUT2D eigenvalue weighted by molar-refractivity contribution is -0.143. The van der Waals surface area contributed by atoms with E-state index in [9.17, 15) is 19.2 Å². The van der Waals surface area contributed by atoms with Gasteiger partial charge >= 0.3 is 5.97 Å². The summed E-state index contributed by atoms with van der Waals surface area (Å²) < 4.78 is 11.4. The van der Waals surface area contributed by atoms with Crippen molar-refractivity contribution < 1.29 is 28.7 Å². The number of rotatable bonds is 20. The fourth-order valence-electron chi connectivity index (χ4n) is 6.67. The molecule has 3 rings (SSSR count). The van der Waals surface area contributed by atoms with Gasteiger partial charge in [0.05, 0.1) is 13.2 Å². The van der Waals surface area contributed by atoms with Gasteiger partial charge in [0.25, 0.3) is 5.91 Å². The van der Waals surface area contributed by atoms with E-state index in [4.69, 9.17) is 20.2 Å². The average Bonchev–Trinajstić information content (AvgIpc) is 3.63. The Hall–Kier alpha value is -3.55. The molecule has 52 heavy (non-hydrogen) atoms. The van der Waals surface area contributed by atoms with Crippen LogP contribution >= 0.6 is 11.3 Å². The zero-order chi connectivity index (χ0) is 38.4. The second kappa shape index (κ2) is 21.2. The number of aromatic nitrogens is 1. The molecule has 1 fully saturated rings. The molecule has 1 aromatic heterocycles. The predicted octanol–water partition coefficient (Wildman–Crippen LogP) is 5.38. The van der Waals surface area contributed by atoms with E-state index in [2.05, 4.69) is 36.3 Å². The number of hydrogen-bond donors (Lipinski definition) is 3. The largest absolute Gasteiger partial charge is 0.467 e. The van der Waals surface area contributed by atoms with E-state index >= 15 is 0 Å². The Kier molecular flexibility index (Phi) is 17.5. The van der Waals surface area contributed by atoms with Crippen LogP contribution in [0.1, 0.15) is 114 Å². The van der Waals surface area contributed by atoms with Crippen LogP contribution in [0.25, 0.3) is 0 Å². The summed E-state index contributed by atoms with van der Waals surface area (Å²) >= 11 is 1.32. The molecule has 4 N–H and O–H groups in total. The summed E-state index contributed by atoms with van der Waals surface area (Å²) in [4.78, 5) is 63.0. The number of piperidine rings is 1. The SMILES string of the molecule is CCCO[C@H](C[C@H](C(C)C)N(CCC)C(=O)[C@@H](NC(=O)[C@H]1CCCCN1C)[C@@H](C)CC)c1nc(C(=O)N[C@@H](Cc2ccc(N)cc2)C(=O)OC)cs1. The minimum Gasteiger partial charge on any atom is -0.467 e. The van der Waals surface area contributed by atoms with Crippen molar-refractivity contribution in [2.24, 2.45) is 11.8 Å². The molecule has 13 heteroatoms. The maximum absolute atomic E-state index is 14.6. The first-order chi connectivity index (χ1) is 24.8. The van der Waals surface area contributed by atoms with Crippen LogP contribution in [0.15, 0.2) is 29.6 Å². The lowest BCUT2D eigenvalue weighted by atomic mass is 9.92. The number of methoxy groups -OCH3 is 1. The highest BCUT2D eigenvalue weighted by Crippen LogP contribution is 2.32. The number of nitrogen functional groups attached to an aromatic ring is 1. The van der Waals surface area contributed by atoms with Gasteiger partial charge in [-0.05, 0) is 68.8 Å². The van der Waals surface area contributed by atoms with Crippen molar-refractivity contribution in [3.63, 3.8) is 0 Å². The number of ether oxygens (including phenoxy) is 2. The lowest BCUT2D eigenvalue weighted by Gasteiger charge is -2.40. The van der Waals surface area contributed by atoms with Gasteiger partial charge in [0.15, 0.2) is 0 Å². The highest BCUT2D eigenvalue weighted by atomic mass is 32.1. The van der Waals surface area contributed by atoms with E-state index in [-0.39, 0.29) is 47.8 Å². The molecule has 1 aliphatic rings. The first-order valence-corrected chi connectivity index (χ1v) is 19.8. The molecule has 0 radical (unpaired) electrons. The van der Waals surface area contributed by atoms with E-state index < -0.39 is 30.1 Å². The summed E-state index contributed by atoms with van der Waals surface area (Å²) in [6.45, 7) is 14.2. The van der Waals surface area contributed by atoms with Gasteiger partial charge in [-0.2, -0.15) is 0 Å². The monoisotopic (exact) mass is 742 g/mol. The van der Waals surface area contributed by atoms with Crippen LogP contribution in [-0.4, -0.2) is 96.5 Å². The summed E-state index contributed by atoms with van der Waals surface area (Å²) in [6.07, 6.45) is 5.33. The average molecular weight is 743 g/mol. The number of carbonyl (C=O) groups is 4. The number of benzene rings is 1. The second-order valence-electron chi connectivity index (χ2n) is 14.4. The van der Waals surface area contributed by atoms with Crippen LogP contribution in [0.2, 0.25) is 0 Å². The van der Waals surface area contributed by atoms with E-state index in [0.717, 1.165) is 50.6 Å². The Morgan fingerprint density at radius 3 is 2.37 bits per heavy atom. The van der Waals surface area contributed by atoms with Gasteiger partial charge < -0.3 is 30.7 Å². The zero-order valence-corrected chi connectivity index (χ0v) is 33.3. The van der Waals surface area contributed by atoms with Crippen molar-refractivity contribution in [3.8, 4) is 0 Å². The molecule has 0 spiro atoms. The first-order valence-electron chi connectivity index (χ1n) is 19.0. The van der Waals surface area contributed by atoms with Crippen LogP contribution in [0.4, 0.5) is 5.69 Å².